The molecule has 2 N–H and O–H groups in total. The minimum absolute atomic E-state index is 0.0965. The molecule has 0 aliphatic carbocycles. The first-order valence-electron chi connectivity index (χ1n) is 10.7. The van der Waals surface area contributed by atoms with Crippen molar-refractivity contribution in [1.29, 1.82) is 0 Å². The van der Waals surface area contributed by atoms with Gasteiger partial charge in [-0.3, -0.25) is 4.79 Å². The fourth-order valence-corrected chi connectivity index (χ4v) is 4.02. The summed E-state index contributed by atoms with van der Waals surface area (Å²) in [5.41, 5.74) is 3.15. The van der Waals surface area contributed by atoms with Crippen molar-refractivity contribution >= 4 is 17.3 Å². The quantitative estimate of drug-likeness (QED) is 0.532. The molecule has 0 atom stereocenters. The maximum atomic E-state index is 12.9. The fourth-order valence-electron chi connectivity index (χ4n) is 4.02. The summed E-state index contributed by atoms with van der Waals surface area (Å²) in [6.45, 7) is 5.89. The highest BCUT2D eigenvalue weighted by Crippen LogP contribution is 2.35. The summed E-state index contributed by atoms with van der Waals surface area (Å²) in [5.74, 6) is 1.40. The predicted octanol–water partition coefficient (Wildman–Crippen LogP) is 4.85. The van der Waals surface area contributed by atoms with Crippen molar-refractivity contribution < 1.29 is 18.7 Å². The van der Waals surface area contributed by atoms with Crippen LogP contribution in [0.3, 0.4) is 0 Å². The van der Waals surface area contributed by atoms with E-state index in [4.69, 9.17) is 13.9 Å². The zero-order chi connectivity index (χ0) is 22.4. The van der Waals surface area contributed by atoms with Gasteiger partial charge in [0.1, 0.15) is 11.5 Å². The molecular formula is C26H28N2O4. The van der Waals surface area contributed by atoms with Crippen LogP contribution < -0.4 is 15.4 Å². The highest BCUT2D eigenvalue weighted by Gasteiger charge is 2.35. The molecule has 6 heteroatoms. The number of hydrogen-bond donors (Lipinski definition) is 2. The molecule has 1 aliphatic heterocycles. The molecule has 0 radical (unpaired) electrons. The first kappa shape index (κ1) is 21.7. The molecule has 0 unspecified atom stereocenters. The van der Waals surface area contributed by atoms with Crippen LogP contribution in [0.5, 0.6) is 5.75 Å². The molecule has 1 aromatic heterocycles. The molecule has 1 fully saturated rings. The van der Waals surface area contributed by atoms with Crippen LogP contribution in [0.25, 0.3) is 5.70 Å². The van der Waals surface area contributed by atoms with E-state index >= 15 is 0 Å². The van der Waals surface area contributed by atoms with Gasteiger partial charge >= 0.3 is 0 Å². The van der Waals surface area contributed by atoms with E-state index < -0.39 is 0 Å². The van der Waals surface area contributed by atoms with Crippen molar-refractivity contribution in [2.75, 3.05) is 32.2 Å². The standard InChI is InChI=1S/C26H28N2O4/c1-19(24-4-3-15-32-24)28-22-9-5-20(6-10-22)25(29)27-18-26(13-16-31-17-14-26)21-7-11-23(30-2)12-8-21/h3-12,15,28H,1,13-14,16-18H2,2H3,(H,27,29). The second-order valence-electron chi connectivity index (χ2n) is 7.96. The van der Waals surface area contributed by atoms with E-state index in [0.717, 1.165) is 24.3 Å². The van der Waals surface area contributed by atoms with Crippen LogP contribution in [0, 0.1) is 0 Å². The minimum atomic E-state index is -0.150. The van der Waals surface area contributed by atoms with E-state index in [1.165, 1.54) is 5.56 Å². The Balaban J connectivity index is 1.41. The Labute approximate surface area is 188 Å². The number of carbonyl (C=O) groups is 1. The maximum Gasteiger partial charge on any atom is 0.251 e. The van der Waals surface area contributed by atoms with Crippen LogP contribution in [-0.2, 0) is 10.2 Å². The van der Waals surface area contributed by atoms with E-state index in [1.807, 2.05) is 36.4 Å². The van der Waals surface area contributed by atoms with Crippen molar-refractivity contribution in [3.8, 4) is 5.75 Å². The molecule has 3 aromatic rings. The lowest BCUT2D eigenvalue weighted by Crippen LogP contribution is -2.44. The molecule has 0 spiro atoms. The number of methoxy groups -OCH3 is 1. The van der Waals surface area contributed by atoms with Gasteiger partial charge in [-0.25, -0.2) is 0 Å². The number of carbonyl (C=O) groups excluding carboxylic acids is 1. The van der Waals surface area contributed by atoms with Gasteiger partial charge in [-0.2, -0.15) is 0 Å². The fraction of sp³-hybridized carbons (Fsp3) is 0.269. The van der Waals surface area contributed by atoms with Crippen molar-refractivity contribution in [3.05, 3.63) is 90.4 Å². The van der Waals surface area contributed by atoms with Gasteiger partial charge in [-0.1, -0.05) is 18.7 Å². The molecule has 166 valence electrons. The van der Waals surface area contributed by atoms with E-state index in [0.29, 0.717) is 36.8 Å². The van der Waals surface area contributed by atoms with E-state index in [2.05, 4.69) is 29.3 Å². The Bertz CT molecular complexity index is 1030. The molecular weight excluding hydrogens is 404 g/mol. The lowest BCUT2D eigenvalue weighted by atomic mass is 9.74. The van der Waals surface area contributed by atoms with E-state index in [-0.39, 0.29) is 11.3 Å². The summed E-state index contributed by atoms with van der Waals surface area (Å²) in [7, 11) is 1.66. The minimum Gasteiger partial charge on any atom is -0.497 e. The Morgan fingerprint density at radius 3 is 2.41 bits per heavy atom. The first-order valence-corrected chi connectivity index (χ1v) is 10.7. The van der Waals surface area contributed by atoms with Gasteiger partial charge in [0.15, 0.2) is 0 Å². The van der Waals surface area contributed by atoms with Gasteiger partial charge in [0, 0.05) is 36.4 Å². The molecule has 2 heterocycles. The highest BCUT2D eigenvalue weighted by molar-refractivity contribution is 5.94. The summed E-state index contributed by atoms with van der Waals surface area (Å²) in [5, 5.41) is 6.33. The normalized spacial score (nSPS) is 15.0. The van der Waals surface area contributed by atoms with Gasteiger partial charge in [0.2, 0.25) is 0 Å². The van der Waals surface area contributed by atoms with Gasteiger partial charge in [0.25, 0.3) is 5.91 Å². The van der Waals surface area contributed by atoms with E-state index in [1.54, 1.807) is 25.5 Å². The molecule has 6 nitrogen and oxygen atoms in total. The van der Waals surface area contributed by atoms with Gasteiger partial charge < -0.3 is 24.5 Å². The Kier molecular flexibility index (Phi) is 6.61. The largest absolute Gasteiger partial charge is 0.497 e. The average Bonchev–Trinajstić information content (AvgIpc) is 3.39. The smallest absolute Gasteiger partial charge is 0.251 e. The summed E-state index contributed by atoms with van der Waals surface area (Å²) >= 11 is 0. The summed E-state index contributed by atoms with van der Waals surface area (Å²) in [6, 6.07) is 19.1. The van der Waals surface area contributed by atoms with Crippen LogP contribution in [0.1, 0.15) is 34.5 Å². The van der Waals surface area contributed by atoms with Crippen molar-refractivity contribution in [1.82, 2.24) is 5.32 Å². The lowest BCUT2D eigenvalue weighted by Gasteiger charge is -2.38. The highest BCUT2D eigenvalue weighted by atomic mass is 16.5. The molecule has 32 heavy (non-hydrogen) atoms. The summed E-state index contributed by atoms with van der Waals surface area (Å²) < 4.78 is 16.2. The topological polar surface area (TPSA) is 72.7 Å². The van der Waals surface area contributed by atoms with Gasteiger partial charge in [-0.15, -0.1) is 0 Å². The third kappa shape index (κ3) is 4.86. The number of ether oxygens (including phenoxy) is 2. The Morgan fingerprint density at radius 2 is 1.78 bits per heavy atom. The Morgan fingerprint density at radius 1 is 1.06 bits per heavy atom. The number of hydrogen-bond acceptors (Lipinski definition) is 5. The van der Waals surface area contributed by atoms with E-state index in [9.17, 15) is 4.79 Å². The maximum absolute atomic E-state index is 12.9. The van der Waals surface area contributed by atoms with Gasteiger partial charge in [-0.05, 0) is 66.9 Å². The number of rotatable bonds is 8. The third-order valence-corrected chi connectivity index (χ3v) is 6.00. The summed E-state index contributed by atoms with van der Waals surface area (Å²) in [6.07, 6.45) is 3.32. The second kappa shape index (κ2) is 9.75. The number of benzene rings is 2. The molecule has 4 rings (SSSR count). The van der Waals surface area contributed by atoms with Crippen molar-refractivity contribution in [2.24, 2.45) is 0 Å². The second-order valence-corrected chi connectivity index (χ2v) is 7.96. The molecule has 2 aromatic carbocycles. The Hall–Kier alpha value is -3.51. The van der Waals surface area contributed by atoms with Crippen LogP contribution in [0.4, 0.5) is 5.69 Å². The first-order chi connectivity index (χ1) is 15.6. The number of anilines is 1. The third-order valence-electron chi connectivity index (χ3n) is 6.00. The van der Waals surface area contributed by atoms with Crippen LogP contribution in [-0.4, -0.2) is 32.8 Å². The lowest BCUT2D eigenvalue weighted by molar-refractivity contribution is 0.0487. The van der Waals surface area contributed by atoms with Crippen LogP contribution in [0.15, 0.2) is 77.9 Å². The van der Waals surface area contributed by atoms with Crippen molar-refractivity contribution in [3.63, 3.8) is 0 Å². The van der Waals surface area contributed by atoms with Crippen LogP contribution in [0.2, 0.25) is 0 Å². The average molecular weight is 433 g/mol. The van der Waals surface area contributed by atoms with Gasteiger partial charge in [0.05, 0.1) is 19.1 Å². The molecule has 1 aliphatic rings. The molecule has 1 saturated heterocycles. The molecule has 1 amide bonds. The number of amides is 1. The molecule has 0 bridgehead atoms. The summed E-state index contributed by atoms with van der Waals surface area (Å²) in [4.78, 5) is 12.9. The monoisotopic (exact) mass is 432 g/mol. The van der Waals surface area contributed by atoms with Crippen LogP contribution >= 0.6 is 0 Å². The zero-order valence-corrected chi connectivity index (χ0v) is 18.2. The zero-order valence-electron chi connectivity index (χ0n) is 18.2. The SMILES string of the molecule is C=C(Nc1ccc(C(=O)NCC2(c3ccc(OC)cc3)CCOCC2)cc1)c1ccco1. The van der Waals surface area contributed by atoms with Crippen molar-refractivity contribution in [2.45, 2.75) is 18.3 Å². The predicted molar refractivity (Wildman–Crippen MR) is 125 cm³/mol. The number of nitrogens with one attached hydrogen (secondary N) is 2. The molecule has 0 saturated carbocycles. The number of furan rings is 1.